The van der Waals surface area contributed by atoms with E-state index in [1.165, 1.54) is 12.6 Å². The summed E-state index contributed by atoms with van der Waals surface area (Å²) in [4.78, 5) is 14.1. The monoisotopic (exact) mass is 222 g/mol. The first-order valence-electron chi connectivity index (χ1n) is 5.78. The van der Waals surface area contributed by atoms with Crippen molar-refractivity contribution in [2.45, 2.75) is 27.2 Å². The molecule has 1 aliphatic rings. The fourth-order valence-electron chi connectivity index (χ4n) is 2.50. The zero-order chi connectivity index (χ0) is 11.7. The second-order valence-corrected chi connectivity index (χ2v) is 4.95. The minimum Gasteiger partial charge on any atom is -0.361 e. The Hall–Kier alpha value is -1.32. The van der Waals surface area contributed by atoms with Crippen LogP contribution < -0.4 is 0 Å². The molecule has 4 heteroatoms. The van der Waals surface area contributed by atoms with Crippen molar-refractivity contribution in [1.82, 2.24) is 10.1 Å². The molecule has 0 unspecified atom stereocenters. The molecule has 88 valence electrons. The van der Waals surface area contributed by atoms with Gasteiger partial charge >= 0.3 is 0 Å². The molecule has 0 spiro atoms. The maximum atomic E-state index is 12.2. The van der Waals surface area contributed by atoms with Gasteiger partial charge in [-0.3, -0.25) is 4.79 Å². The highest BCUT2D eigenvalue weighted by Crippen LogP contribution is 2.23. The first kappa shape index (κ1) is 11.2. The number of aromatic nitrogens is 1. The van der Waals surface area contributed by atoms with Crippen LogP contribution in [0.5, 0.6) is 0 Å². The predicted molar refractivity (Wildman–Crippen MR) is 60.1 cm³/mol. The van der Waals surface area contributed by atoms with Gasteiger partial charge in [0.2, 0.25) is 0 Å². The highest BCUT2D eigenvalue weighted by Gasteiger charge is 2.27. The Morgan fingerprint density at radius 3 is 2.56 bits per heavy atom. The van der Waals surface area contributed by atoms with Crippen molar-refractivity contribution in [3.63, 3.8) is 0 Å². The fourth-order valence-corrected chi connectivity index (χ4v) is 2.50. The van der Waals surface area contributed by atoms with Crippen LogP contribution in [0.2, 0.25) is 0 Å². The Balaban J connectivity index is 2.13. The molecule has 4 nitrogen and oxygen atoms in total. The van der Waals surface area contributed by atoms with Crippen molar-refractivity contribution < 1.29 is 9.32 Å². The number of hydrogen-bond donors (Lipinski definition) is 0. The molecule has 2 atom stereocenters. The number of amides is 1. The van der Waals surface area contributed by atoms with E-state index in [-0.39, 0.29) is 5.91 Å². The molecule has 1 aromatic rings. The number of aryl methyl sites for hydroxylation is 1. The maximum absolute atomic E-state index is 12.2. The van der Waals surface area contributed by atoms with E-state index in [1.807, 2.05) is 4.90 Å². The summed E-state index contributed by atoms with van der Waals surface area (Å²) in [6.45, 7) is 7.84. The largest absolute Gasteiger partial charge is 0.361 e. The lowest BCUT2D eigenvalue weighted by Gasteiger charge is -2.34. The number of rotatable bonds is 1. The molecule has 2 heterocycles. The summed E-state index contributed by atoms with van der Waals surface area (Å²) in [5, 5.41) is 3.65. The van der Waals surface area contributed by atoms with Crippen molar-refractivity contribution >= 4 is 5.91 Å². The molecule has 1 amide bonds. The maximum Gasteiger partial charge on any atom is 0.259 e. The summed E-state index contributed by atoms with van der Waals surface area (Å²) in [5.74, 6) is 1.81. The predicted octanol–water partition coefficient (Wildman–Crippen LogP) is 2.10. The minimum absolute atomic E-state index is 0.0529. The minimum atomic E-state index is 0.0529. The molecule has 0 saturated carbocycles. The quantitative estimate of drug-likeness (QED) is 0.731. The molecule has 1 fully saturated rings. The van der Waals surface area contributed by atoms with Crippen LogP contribution in [-0.2, 0) is 0 Å². The van der Waals surface area contributed by atoms with Crippen LogP contribution in [0.3, 0.4) is 0 Å². The molecule has 0 bridgehead atoms. The molecular weight excluding hydrogens is 204 g/mol. The third-order valence-electron chi connectivity index (χ3n) is 3.14. The number of nitrogens with zero attached hydrogens (tertiary/aromatic N) is 2. The Bertz CT molecular complexity index is 376. The van der Waals surface area contributed by atoms with Crippen LogP contribution >= 0.6 is 0 Å². The average Bonchev–Trinajstić information content (AvgIpc) is 2.62. The van der Waals surface area contributed by atoms with Gasteiger partial charge in [-0.05, 0) is 25.2 Å². The van der Waals surface area contributed by atoms with Gasteiger partial charge < -0.3 is 9.42 Å². The van der Waals surface area contributed by atoms with Crippen molar-refractivity contribution in [2.24, 2.45) is 11.8 Å². The normalized spacial score (nSPS) is 25.8. The van der Waals surface area contributed by atoms with Crippen LogP contribution in [-0.4, -0.2) is 29.1 Å². The molecule has 1 saturated heterocycles. The van der Waals surface area contributed by atoms with E-state index in [1.54, 1.807) is 6.92 Å². The summed E-state index contributed by atoms with van der Waals surface area (Å²) < 4.78 is 4.93. The summed E-state index contributed by atoms with van der Waals surface area (Å²) >= 11 is 0. The lowest BCUT2D eigenvalue weighted by atomic mass is 9.91. The molecule has 16 heavy (non-hydrogen) atoms. The zero-order valence-corrected chi connectivity index (χ0v) is 10.1. The topological polar surface area (TPSA) is 46.3 Å². The Kier molecular flexibility index (Phi) is 2.99. The second kappa shape index (κ2) is 4.28. The standard InChI is InChI=1S/C12H18N2O2/c1-8-4-9(2)7-14(6-8)12(15)11-5-13-16-10(11)3/h5,8-9H,4,6-7H2,1-3H3/t8-,9+. The SMILES string of the molecule is Cc1oncc1C(=O)N1C[C@H](C)C[C@H](C)C1. The third kappa shape index (κ3) is 2.10. The van der Waals surface area contributed by atoms with Gasteiger partial charge in [0.15, 0.2) is 0 Å². The molecule has 1 aliphatic heterocycles. The van der Waals surface area contributed by atoms with Crippen LogP contribution in [0.4, 0.5) is 0 Å². The summed E-state index contributed by atoms with van der Waals surface area (Å²) in [6, 6.07) is 0. The van der Waals surface area contributed by atoms with Gasteiger partial charge in [0.1, 0.15) is 11.3 Å². The van der Waals surface area contributed by atoms with Crippen molar-refractivity contribution in [3.8, 4) is 0 Å². The number of hydrogen-bond acceptors (Lipinski definition) is 3. The van der Waals surface area contributed by atoms with Crippen molar-refractivity contribution in [2.75, 3.05) is 13.1 Å². The van der Waals surface area contributed by atoms with E-state index in [9.17, 15) is 4.79 Å². The molecule has 0 radical (unpaired) electrons. The van der Waals surface area contributed by atoms with E-state index < -0.39 is 0 Å². The van der Waals surface area contributed by atoms with Gasteiger partial charge in [-0.25, -0.2) is 0 Å². The molecular formula is C12H18N2O2. The lowest BCUT2D eigenvalue weighted by Crippen LogP contribution is -2.42. The van der Waals surface area contributed by atoms with Gasteiger partial charge in [-0.1, -0.05) is 19.0 Å². The van der Waals surface area contributed by atoms with E-state index in [0.717, 1.165) is 13.1 Å². The summed E-state index contributed by atoms with van der Waals surface area (Å²) in [5.41, 5.74) is 0.598. The Labute approximate surface area is 95.6 Å². The van der Waals surface area contributed by atoms with Gasteiger partial charge in [0.25, 0.3) is 5.91 Å². The van der Waals surface area contributed by atoms with Gasteiger partial charge in [-0.2, -0.15) is 0 Å². The third-order valence-corrected chi connectivity index (χ3v) is 3.14. The van der Waals surface area contributed by atoms with Crippen LogP contribution in [0.1, 0.15) is 36.4 Å². The van der Waals surface area contributed by atoms with E-state index in [0.29, 0.717) is 23.2 Å². The van der Waals surface area contributed by atoms with Gasteiger partial charge in [0.05, 0.1) is 6.20 Å². The summed E-state index contributed by atoms with van der Waals surface area (Å²) in [6.07, 6.45) is 2.72. The number of likely N-dealkylation sites (tertiary alicyclic amines) is 1. The number of carbonyl (C=O) groups excluding carboxylic acids is 1. The first-order valence-corrected chi connectivity index (χ1v) is 5.78. The summed E-state index contributed by atoms with van der Waals surface area (Å²) in [7, 11) is 0. The highest BCUT2D eigenvalue weighted by atomic mass is 16.5. The van der Waals surface area contributed by atoms with Crippen LogP contribution in [0.15, 0.2) is 10.7 Å². The van der Waals surface area contributed by atoms with Gasteiger partial charge in [-0.15, -0.1) is 0 Å². The number of carbonyl (C=O) groups is 1. The average molecular weight is 222 g/mol. The Morgan fingerprint density at radius 2 is 2.06 bits per heavy atom. The van der Waals surface area contributed by atoms with Crippen LogP contribution in [0.25, 0.3) is 0 Å². The molecule has 2 rings (SSSR count). The molecule has 1 aromatic heterocycles. The van der Waals surface area contributed by atoms with E-state index >= 15 is 0 Å². The zero-order valence-electron chi connectivity index (χ0n) is 10.1. The smallest absolute Gasteiger partial charge is 0.259 e. The van der Waals surface area contributed by atoms with Crippen molar-refractivity contribution in [3.05, 3.63) is 17.5 Å². The Morgan fingerprint density at radius 1 is 1.44 bits per heavy atom. The molecule has 0 aromatic carbocycles. The lowest BCUT2D eigenvalue weighted by molar-refractivity contribution is 0.0621. The van der Waals surface area contributed by atoms with E-state index in [2.05, 4.69) is 19.0 Å². The second-order valence-electron chi connectivity index (χ2n) is 4.95. The van der Waals surface area contributed by atoms with Crippen LogP contribution in [0, 0.1) is 18.8 Å². The fraction of sp³-hybridized carbons (Fsp3) is 0.667. The van der Waals surface area contributed by atoms with E-state index in [4.69, 9.17) is 4.52 Å². The van der Waals surface area contributed by atoms with Crippen molar-refractivity contribution in [1.29, 1.82) is 0 Å². The molecule has 0 N–H and O–H groups in total. The molecule has 0 aliphatic carbocycles. The van der Waals surface area contributed by atoms with Gasteiger partial charge in [0, 0.05) is 13.1 Å². The highest BCUT2D eigenvalue weighted by molar-refractivity contribution is 5.94. The first-order chi connectivity index (χ1) is 7.58. The number of piperidine rings is 1.